The first-order valence-corrected chi connectivity index (χ1v) is 10.2. The number of fused-ring (bicyclic) bond motifs is 1. The zero-order valence-corrected chi connectivity index (χ0v) is 16.7. The van der Waals surface area contributed by atoms with Gasteiger partial charge in [-0.2, -0.15) is 0 Å². The number of nitrogens with zero attached hydrogens (tertiary/aromatic N) is 2. The Hall–Kier alpha value is -3.65. The van der Waals surface area contributed by atoms with Crippen molar-refractivity contribution >= 4 is 34.4 Å². The van der Waals surface area contributed by atoms with Crippen molar-refractivity contribution in [3.8, 4) is 0 Å². The van der Waals surface area contributed by atoms with Gasteiger partial charge in [-0.1, -0.05) is 66.4 Å². The first-order chi connectivity index (χ1) is 14.6. The molecule has 2 heterocycles. The minimum absolute atomic E-state index is 0.0949. The summed E-state index contributed by atoms with van der Waals surface area (Å²) < 4.78 is 1.33. The molecule has 0 fully saturated rings. The van der Waals surface area contributed by atoms with Gasteiger partial charge >= 0.3 is 5.69 Å². The highest BCUT2D eigenvalue weighted by atomic mass is 32.2. The van der Waals surface area contributed by atoms with Gasteiger partial charge in [-0.15, -0.1) is 0 Å². The highest BCUT2D eigenvalue weighted by Gasteiger charge is 2.11. The summed E-state index contributed by atoms with van der Waals surface area (Å²) in [6.45, 7) is 0.228. The number of pyridine rings is 1. The number of carbonyl (C=O) groups excluding carboxylic acids is 1. The van der Waals surface area contributed by atoms with Crippen LogP contribution in [0.4, 0.5) is 5.82 Å². The molecular formula is C22H18N4O3S. The molecule has 150 valence electrons. The zero-order chi connectivity index (χ0) is 20.9. The molecule has 2 aromatic heterocycles. The Balaban J connectivity index is 1.49. The van der Waals surface area contributed by atoms with Gasteiger partial charge in [-0.25, -0.2) is 9.78 Å². The monoisotopic (exact) mass is 418 g/mol. The number of hydrogen-bond donors (Lipinski definition) is 2. The van der Waals surface area contributed by atoms with E-state index in [0.717, 1.165) is 21.5 Å². The van der Waals surface area contributed by atoms with E-state index in [4.69, 9.17) is 0 Å². The number of rotatable bonds is 6. The molecule has 4 aromatic rings. The SMILES string of the molecule is O=C(CSc1ccc2ccccc2n1)Nc1cc(=O)[nH]c(=O)n1Cc1ccccc1. The molecule has 0 saturated carbocycles. The number of anilines is 1. The van der Waals surface area contributed by atoms with Crippen LogP contribution in [0.25, 0.3) is 10.9 Å². The number of thioether (sulfide) groups is 1. The molecule has 2 N–H and O–H groups in total. The molecule has 0 radical (unpaired) electrons. The molecule has 0 atom stereocenters. The Morgan fingerprint density at radius 1 is 1.00 bits per heavy atom. The summed E-state index contributed by atoms with van der Waals surface area (Å²) in [5.41, 5.74) is 0.583. The van der Waals surface area contributed by atoms with Crippen LogP contribution in [-0.4, -0.2) is 26.2 Å². The number of carbonyl (C=O) groups is 1. The van der Waals surface area contributed by atoms with Crippen LogP contribution in [0.15, 0.2) is 87.4 Å². The summed E-state index contributed by atoms with van der Waals surface area (Å²) in [7, 11) is 0. The van der Waals surface area contributed by atoms with Gasteiger partial charge in [0, 0.05) is 11.5 Å². The molecule has 1 amide bonds. The van der Waals surface area contributed by atoms with Crippen molar-refractivity contribution in [2.75, 3.05) is 11.1 Å². The van der Waals surface area contributed by atoms with E-state index < -0.39 is 11.2 Å². The van der Waals surface area contributed by atoms with E-state index in [2.05, 4.69) is 15.3 Å². The average molecular weight is 418 g/mol. The minimum Gasteiger partial charge on any atom is -0.311 e. The topological polar surface area (TPSA) is 96.8 Å². The third kappa shape index (κ3) is 4.66. The number of aromatic amines is 1. The van der Waals surface area contributed by atoms with E-state index in [9.17, 15) is 14.4 Å². The number of para-hydroxylation sites is 1. The fourth-order valence-corrected chi connectivity index (χ4v) is 3.67. The maximum Gasteiger partial charge on any atom is 0.330 e. The van der Waals surface area contributed by atoms with E-state index >= 15 is 0 Å². The maximum atomic E-state index is 12.5. The summed E-state index contributed by atoms with van der Waals surface area (Å²) in [5, 5.41) is 4.42. The number of aromatic nitrogens is 3. The lowest BCUT2D eigenvalue weighted by Gasteiger charge is -2.13. The van der Waals surface area contributed by atoms with E-state index in [0.29, 0.717) is 0 Å². The average Bonchev–Trinajstić information content (AvgIpc) is 2.75. The van der Waals surface area contributed by atoms with Crippen LogP contribution in [0.5, 0.6) is 0 Å². The van der Waals surface area contributed by atoms with Crippen molar-refractivity contribution in [3.63, 3.8) is 0 Å². The first kappa shape index (κ1) is 19.7. The second-order valence-corrected chi connectivity index (χ2v) is 7.57. The van der Waals surface area contributed by atoms with Gasteiger partial charge in [0.2, 0.25) is 5.91 Å². The normalized spacial score (nSPS) is 10.8. The van der Waals surface area contributed by atoms with E-state index in [1.807, 2.05) is 66.7 Å². The lowest BCUT2D eigenvalue weighted by Crippen LogP contribution is -2.33. The van der Waals surface area contributed by atoms with E-state index in [1.54, 1.807) is 0 Å². The van der Waals surface area contributed by atoms with Gasteiger partial charge in [-0.3, -0.25) is 19.1 Å². The highest BCUT2D eigenvalue weighted by molar-refractivity contribution is 7.99. The van der Waals surface area contributed by atoms with Crippen molar-refractivity contribution in [2.45, 2.75) is 11.6 Å². The van der Waals surface area contributed by atoms with Crippen LogP contribution in [0.1, 0.15) is 5.56 Å². The van der Waals surface area contributed by atoms with Crippen molar-refractivity contribution in [1.29, 1.82) is 0 Å². The number of hydrogen-bond acceptors (Lipinski definition) is 5. The van der Waals surface area contributed by atoms with Gasteiger partial charge in [0.25, 0.3) is 5.56 Å². The lowest BCUT2D eigenvalue weighted by atomic mass is 10.2. The van der Waals surface area contributed by atoms with Crippen molar-refractivity contribution in [1.82, 2.24) is 14.5 Å². The van der Waals surface area contributed by atoms with Gasteiger partial charge in [-0.05, 0) is 17.7 Å². The number of nitrogens with one attached hydrogen (secondary N) is 2. The molecule has 0 spiro atoms. The lowest BCUT2D eigenvalue weighted by molar-refractivity contribution is -0.113. The Bertz CT molecular complexity index is 1320. The largest absolute Gasteiger partial charge is 0.330 e. The fourth-order valence-electron chi connectivity index (χ4n) is 2.99. The standard InChI is InChI=1S/C22H18N4O3S/c27-19-12-18(26(22(29)25-19)13-15-6-2-1-3-7-15)24-20(28)14-30-21-11-10-16-8-4-5-9-17(16)23-21/h1-12H,13-14H2,(H,24,28)(H,25,27,29). The van der Waals surface area contributed by atoms with Gasteiger partial charge in [0.05, 0.1) is 22.8 Å². The Morgan fingerprint density at radius 2 is 1.77 bits per heavy atom. The molecule has 0 aliphatic carbocycles. The predicted molar refractivity (Wildman–Crippen MR) is 118 cm³/mol. The van der Waals surface area contributed by atoms with Crippen molar-refractivity contribution in [3.05, 3.63) is 99.2 Å². The molecular weight excluding hydrogens is 400 g/mol. The second-order valence-electron chi connectivity index (χ2n) is 6.57. The first-order valence-electron chi connectivity index (χ1n) is 9.25. The molecule has 0 saturated heterocycles. The van der Waals surface area contributed by atoms with Gasteiger partial charge in [0.1, 0.15) is 5.82 Å². The van der Waals surface area contributed by atoms with Gasteiger partial charge < -0.3 is 5.32 Å². The van der Waals surface area contributed by atoms with Crippen LogP contribution in [0, 0.1) is 0 Å². The Kier molecular flexibility index (Phi) is 5.76. The smallest absolute Gasteiger partial charge is 0.311 e. The van der Waals surface area contributed by atoms with Gasteiger partial charge in [0.15, 0.2) is 0 Å². The number of benzene rings is 2. The predicted octanol–water partition coefficient (Wildman–Crippen LogP) is 2.86. The molecule has 2 aromatic carbocycles. The summed E-state index contributed by atoms with van der Waals surface area (Å²) in [6.07, 6.45) is 0. The number of amides is 1. The molecule has 0 aliphatic heterocycles. The van der Waals surface area contributed by atoms with Crippen molar-refractivity contribution in [2.24, 2.45) is 0 Å². The van der Waals surface area contributed by atoms with Crippen LogP contribution < -0.4 is 16.6 Å². The summed E-state index contributed by atoms with van der Waals surface area (Å²) in [6, 6.07) is 22.1. The third-order valence-electron chi connectivity index (χ3n) is 4.41. The van der Waals surface area contributed by atoms with Crippen LogP contribution in [0.3, 0.4) is 0 Å². The molecule has 4 rings (SSSR count). The van der Waals surface area contributed by atoms with Crippen LogP contribution in [-0.2, 0) is 11.3 Å². The minimum atomic E-state index is -0.578. The van der Waals surface area contributed by atoms with Crippen molar-refractivity contribution < 1.29 is 4.79 Å². The molecule has 0 bridgehead atoms. The fraction of sp³-hybridized carbons (Fsp3) is 0.0909. The molecule has 30 heavy (non-hydrogen) atoms. The zero-order valence-electron chi connectivity index (χ0n) is 15.9. The summed E-state index contributed by atoms with van der Waals surface area (Å²) >= 11 is 1.28. The Labute approximate surface area is 175 Å². The third-order valence-corrected chi connectivity index (χ3v) is 5.34. The van der Waals surface area contributed by atoms with E-state index in [-0.39, 0.29) is 24.0 Å². The molecule has 0 unspecified atom stereocenters. The Morgan fingerprint density at radius 3 is 2.60 bits per heavy atom. The molecule has 0 aliphatic rings. The van der Waals surface area contributed by atoms with Crippen LogP contribution in [0.2, 0.25) is 0 Å². The number of H-pyrrole nitrogens is 1. The highest BCUT2D eigenvalue weighted by Crippen LogP contribution is 2.20. The van der Waals surface area contributed by atoms with Crippen LogP contribution >= 0.6 is 11.8 Å². The van der Waals surface area contributed by atoms with E-state index in [1.165, 1.54) is 22.4 Å². The summed E-state index contributed by atoms with van der Waals surface area (Å²) in [4.78, 5) is 43.3. The maximum absolute atomic E-state index is 12.5. The molecule has 7 nitrogen and oxygen atoms in total. The molecule has 8 heteroatoms. The quantitative estimate of drug-likeness (QED) is 0.470. The summed E-state index contributed by atoms with van der Waals surface area (Å²) in [5.74, 6) is -0.0797. The second kappa shape index (κ2) is 8.79.